The molecule has 0 aliphatic carbocycles. The number of hydrogen-bond acceptors (Lipinski definition) is 5. The molecule has 146 valence electrons. The molecule has 3 N–H and O–H groups in total. The van der Waals surface area contributed by atoms with Crippen molar-refractivity contribution in [1.82, 2.24) is 10.6 Å². The number of hydrogen-bond donors (Lipinski definition) is 3. The second kappa shape index (κ2) is 8.08. The van der Waals surface area contributed by atoms with Crippen LogP contribution in [-0.4, -0.2) is 23.6 Å². The van der Waals surface area contributed by atoms with Crippen LogP contribution in [0, 0.1) is 0 Å². The van der Waals surface area contributed by atoms with Gasteiger partial charge in [-0.1, -0.05) is 19.1 Å². The quantitative estimate of drug-likeness (QED) is 0.536. The number of benzene rings is 1. The molecule has 1 aromatic heterocycles. The van der Waals surface area contributed by atoms with Crippen molar-refractivity contribution in [2.75, 3.05) is 5.32 Å². The van der Waals surface area contributed by atoms with E-state index in [0.717, 1.165) is 5.56 Å². The van der Waals surface area contributed by atoms with E-state index in [1.807, 2.05) is 6.92 Å². The van der Waals surface area contributed by atoms with E-state index in [0.29, 0.717) is 24.3 Å². The molecule has 3 rings (SSSR count). The zero-order valence-corrected chi connectivity index (χ0v) is 15.4. The average molecular weight is 383 g/mol. The first kappa shape index (κ1) is 19.3. The first-order valence-electron chi connectivity index (χ1n) is 9.01. The van der Waals surface area contributed by atoms with Gasteiger partial charge in [-0.15, -0.1) is 0 Å². The molecule has 0 bridgehead atoms. The summed E-state index contributed by atoms with van der Waals surface area (Å²) in [6.07, 6.45) is 2.75. The molecular formula is C20H21N3O5. The van der Waals surface area contributed by atoms with Crippen LogP contribution in [0.1, 0.15) is 37.5 Å². The molecule has 1 aliphatic heterocycles. The van der Waals surface area contributed by atoms with Crippen molar-refractivity contribution in [2.45, 2.75) is 38.1 Å². The Hall–Kier alpha value is -3.42. The number of amides is 4. The number of piperidine rings is 1. The lowest BCUT2D eigenvalue weighted by molar-refractivity contribution is -0.138. The van der Waals surface area contributed by atoms with Crippen molar-refractivity contribution in [2.24, 2.45) is 0 Å². The summed E-state index contributed by atoms with van der Waals surface area (Å²) in [6, 6.07) is 10.1. The third-order valence-electron chi connectivity index (χ3n) is 4.97. The van der Waals surface area contributed by atoms with Crippen LogP contribution in [0.2, 0.25) is 0 Å². The Labute approximate surface area is 161 Å². The van der Waals surface area contributed by atoms with Crippen molar-refractivity contribution >= 4 is 29.3 Å². The first-order valence-corrected chi connectivity index (χ1v) is 9.01. The molecule has 8 nitrogen and oxygen atoms in total. The minimum atomic E-state index is -0.800. The fourth-order valence-corrected chi connectivity index (χ4v) is 3.29. The number of imide groups is 1. The van der Waals surface area contributed by atoms with Crippen molar-refractivity contribution in [3.63, 3.8) is 0 Å². The number of carbonyl (C=O) groups excluding carboxylic acids is 4. The summed E-state index contributed by atoms with van der Waals surface area (Å²) in [4.78, 5) is 47.8. The molecule has 2 heterocycles. The lowest BCUT2D eigenvalue weighted by Crippen LogP contribution is -2.51. The highest BCUT2D eigenvalue weighted by molar-refractivity contribution is 6.39. The van der Waals surface area contributed by atoms with E-state index in [1.54, 1.807) is 36.4 Å². The Kier molecular flexibility index (Phi) is 5.58. The highest BCUT2D eigenvalue weighted by Gasteiger charge is 2.42. The molecule has 4 amide bonds. The minimum Gasteiger partial charge on any atom is -0.467 e. The van der Waals surface area contributed by atoms with Gasteiger partial charge in [-0.3, -0.25) is 24.5 Å². The van der Waals surface area contributed by atoms with Crippen LogP contribution in [0.5, 0.6) is 0 Å². The van der Waals surface area contributed by atoms with E-state index >= 15 is 0 Å². The van der Waals surface area contributed by atoms with Gasteiger partial charge in [-0.25, -0.2) is 0 Å². The molecule has 1 fully saturated rings. The van der Waals surface area contributed by atoms with E-state index < -0.39 is 17.2 Å². The van der Waals surface area contributed by atoms with Gasteiger partial charge in [0, 0.05) is 12.1 Å². The Morgan fingerprint density at radius 3 is 2.50 bits per heavy atom. The average Bonchev–Trinajstić information content (AvgIpc) is 3.21. The van der Waals surface area contributed by atoms with E-state index in [1.165, 1.54) is 6.26 Å². The summed E-state index contributed by atoms with van der Waals surface area (Å²) in [5.41, 5.74) is 0.428. The van der Waals surface area contributed by atoms with Crippen molar-refractivity contribution in [3.05, 3.63) is 54.0 Å². The second-order valence-corrected chi connectivity index (χ2v) is 6.61. The molecule has 2 aromatic rings. The van der Waals surface area contributed by atoms with E-state index in [9.17, 15) is 19.2 Å². The first-order chi connectivity index (χ1) is 13.4. The molecule has 8 heteroatoms. The largest absolute Gasteiger partial charge is 0.467 e. The molecule has 1 aliphatic rings. The van der Waals surface area contributed by atoms with Gasteiger partial charge in [-0.05, 0) is 42.7 Å². The molecule has 0 saturated carbocycles. The molecule has 1 atom stereocenters. The Morgan fingerprint density at radius 2 is 1.89 bits per heavy atom. The highest BCUT2D eigenvalue weighted by Crippen LogP contribution is 2.36. The van der Waals surface area contributed by atoms with Gasteiger partial charge >= 0.3 is 11.8 Å². The maximum absolute atomic E-state index is 12.4. The molecule has 0 radical (unpaired) electrons. The molecule has 28 heavy (non-hydrogen) atoms. The van der Waals surface area contributed by atoms with E-state index in [4.69, 9.17) is 4.42 Å². The van der Waals surface area contributed by atoms with Crippen LogP contribution in [0.3, 0.4) is 0 Å². The molecule has 1 unspecified atom stereocenters. The van der Waals surface area contributed by atoms with Crippen molar-refractivity contribution in [1.29, 1.82) is 0 Å². The number of anilines is 1. The lowest BCUT2D eigenvalue weighted by Gasteiger charge is -2.35. The van der Waals surface area contributed by atoms with Crippen LogP contribution in [0.25, 0.3) is 0 Å². The zero-order valence-electron chi connectivity index (χ0n) is 15.4. The van der Waals surface area contributed by atoms with Gasteiger partial charge in [0.2, 0.25) is 11.8 Å². The maximum Gasteiger partial charge on any atom is 0.313 e. The Balaban J connectivity index is 1.63. The zero-order chi connectivity index (χ0) is 20.1. The summed E-state index contributed by atoms with van der Waals surface area (Å²) in [5.74, 6) is -1.61. The smallest absolute Gasteiger partial charge is 0.313 e. The predicted octanol–water partition coefficient (Wildman–Crippen LogP) is 1.62. The number of carbonyl (C=O) groups is 4. The van der Waals surface area contributed by atoms with Gasteiger partial charge in [0.25, 0.3) is 0 Å². The standard InChI is InChI=1S/C20H21N3O5/c1-2-20(10-9-16(24)23-19(20)27)13-5-7-14(8-6-13)22-18(26)17(25)21-12-15-4-3-11-28-15/h3-8,11H,2,9-10,12H2,1H3,(H,21,25)(H,22,26)(H,23,24,27). The SMILES string of the molecule is CCC1(c2ccc(NC(=O)C(=O)NCc3ccco3)cc2)CCC(=O)NC1=O. The topological polar surface area (TPSA) is 118 Å². The molecule has 0 spiro atoms. The van der Waals surface area contributed by atoms with E-state index in [-0.39, 0.29) is 24.8 Å². The third-order valence-corrected chi connectivity index (χ3v) is 4.97. The third kappa shape index (κ3) is 3.95. The summed E-state index contributed by atoms with van der Waals surface area (Å²) in [5, 5.41) is 7.38. The van der Waals surface area contributed by atoms with Crippen LogP contribution in [0.4, 0.5) is 5.69 Å². The summed E-state index contributed by atoms with van der Waals surface area (Å²) in [7, 11) is 0. The van der Waals surface area contributed by atoms with Gasteiger partial charge in [0.05, 0.1) is 18.2 Å². The Morgan fingerprint density at radius 1 is 1.14 bits per heavy atom. The van der Waals surface area contributed by atoms with Gasteiger partial charge in [0.15, 0.2) is 0 Å². The molecule has 1 aromatic carbocycles. The minimum absolute atomic E-state index is 0.116. The maximum atomic E-state index is 12.4. The van der Waals surface area contributed by atoms with Crippen LogP contribution in [0.15, 0.2) is 47.1 Å². The monoisotopic (exact) mass is 383 g/mol. The Bertz CT molecular complexity index is 889. The van der Waals surface area contributed by atoms with E-state index in [2.05, 4.69) is 16.0 Å². The van der Waals surface area contributed by atoms with Crippen LogP contribution in [-0.2, 0) is 31.1 Å². The number of nitrogens with one attached hydrogen (secondary N) is 3. The summed E-state index contributed by atoms with van der Waals surface area (Å²) in [6.45, 7) is 2.01. The molecule has 1 saturated heterocycles. The predicted molar refractivity (Wildman–Crippen MR) is 100.0 cm³/mol. The van der Waals surface area contributed by atoms with Crippen molar-refractivity contribution < 1.29 is 23.6 Å². The summed E-state index contributed by atoms with van der Waals surface area (Å²) >= 11 is 0. The second-order valence-electron chi connectivity index (χ2n) is 6.61. The van der Waals surface area contributed by atoms with Crippen LogP contribution >= 0.6 is 0 Å². The van der Waals surface area contributed by atoms with Crippen molar-refractivity contribution in [3.8, 4) is 0 Å². The van der Waals surface area contributed by atoms with Gasteiger partial charge < -0.3 is 15.1 Å². The van der Waals surface area contributed by atoms with Gasteiger partial charge in [0.1, 0.15) is 5.76 Å². The van der Waals surface area contributed by atoms with Gasteiger partial charge in [-0.2, -0.15) is 0 Å². The molecular weight excluding hydrogens is 362 g/mol. The lowest BCUT2D eigenvalue weighted by atomic mass is 9.72. The fourth-order valence-electron chi connectivity index (χ4n) is 3.29. The number of rotatable bonds is 5. The number of furan rings is 1. The normalized spacial score (nSPS) is 19.0. The summed E-state index contributed by atoms with van der Waals surface area (Å²) < 4.78 is 5.09. The van der Waals surface area contributed by atoms with Crippen LogP contribution < -0.4 is 16.0 Å². The highest BCUT2D eigenvalue weighted by atomic mass is 16.3. The fraction of sp³-hybridized carbons (Fsp3) is 0.300.